The van der Waals surface area contributed by atoms with Crippen LogP contribution in [0, 0.1) is 5.92 Å². The molecule has 3 heteroatoms. The van der Waals surface area contributed by atoms with E-state index in [2.05, 4.69) is 18.7 Å². The quantitative estimate of drug-likeness (QED) is 0.582. The van der Waals surface area contributed by atoms with Gasteiger partial charge in [-0.15, -0.1) is 0 Å². The zero-order valence-corrected chi connectivity index (χ0v) is 10.3. The zero-order chi connectivity index (χ0) is 11.5. The van der Waals surface area contributed by atoms with Gasteiger partial charge in [0.25, 0.3) is 0 Å². The maximum atomic E-state index is 8.90. The highest BCUT2D eigenvalue weighted by Crippen LogP contribution is 2.13. The van der Waals surface area contributed by atoms with E-state index in [1.165, 1.54) is 25.7 Å². The molecule has 0 fully saturated rings. The Morgan fingerprint density at radius 2 is 1.67 bits per heavy atom. The summed E-state index contributed by atoms with van der Waals surface area (Å²) in [5.74, 6) is 0.711. The average Bonchev–Trinajstić information content (AvgIpc) is 2.24. The van der Waals surface area contributed by atoms with Crippen molar-refractivity contribution in [2.75, 3.05) is 32.8 Å². The second-order valence-electron chi connectivity index (χ2n) is 4.16. The second-order valence-corrected chi connectivity index (χ2v) is 4.16. The largest absolute Gasteiger partial charge is 0.395 e. The highest BCUT2D eigenvalue weighted by atomic mass is 16.3. The fourth-order valence-electron chi connectivity index (χ4n) is 1.86. The number of hydrogen-bond acceptors (Lipinski definition) is 3. The molecule has 0 aromatic rings. The SMILES string of the molecule is CCCC[C@@H](CC)CN(CCO)CCO. The molecule has 0 amide bonds. The van der Waals surface area contributed by atoms with Crippen LogP contribution in [0.15, 0.2) is 0 Å². The number of hydrogen-bond donors (Lipinski definition) is 2. The molecular formula is C12H27NO2. The molecule has 0 aromatic heterocycles. The lowest BCUT2D eigenvalue weighted by Crippen LogP contribution is -2.34. The first-order valence-electron chi connectivity index (χ1n) is 6.22. The molecular weight excluding hydrogens is 190 g/mol. The summed E-state index contributed by atoms with van der Waals surface area (Å²) >= 11 is 0. The van der Waals surface area contributed by atoms with Gasteiger partial charge in [-0.2, -0.15) is 0 Å². The van der Waals surface area contributed by atoms with Gasteiger partial charge in [0.15, 0.2) is 0 Å². The normalized spacial score (nSPS) is 13.4. The molecule has 0 aliphatic carbocycles. The van der Waals surface area contributed by atoms with Crippen molar-refractivity contribution in [3.8, 4) is 0 Å². The Kier molecular flexibility index (Phi) is 10.3. The van der Waals surface area contributed by atoms with Gasteiger partial charge in [0.2, 0.25) is 0 Å². The van der Waals surface area contributed by atoms with E-state index in [9.17, 15) is 0 Å². The Labute approximate surface area is 94.1 Å². The van der Waals surface area contributed by atoms with Gasteiger partial charge >= 0.3 is 0 Å². The standard InChI is InChI=1S/C12H27NO2/c1-3-5-6-12(4-2)11-13(7-9-14)8-10-15/h12,14-15H,3-11H2,1-2H3/t12-/m1/s1. The van der Waals surface area contributed by atoms with Gasteiger partial charge in [0.1, 0.15) is 0 Å². The van der Waals surface area contributed by atoms with Crippen LogP contribution in [0.5, 0.6) is 0 Å². The van der Waals surface area contributed by atoms with Crippen LogP contribution in [0.3, 0.4) is 0 Å². The maximum absolute atomic E-state index is 8.90. The van der Waals surface area contributed by atoms with Crippen LogP contribution in [0.1, 0.15) is 39.5 Å². The molecule has 92 valence electrons. The number of unbranched alkanes of at least 4 members (excludes halogenated alkanes) is 1. The van der Waals surface area contributed by atoms with Gasteiger partial charge in [-0.25, -0.2) is 0 Å². The van der Waals surface area contributed by atoms with Crippen LogP contribution in [0.2, 0.25) is 0 Å². The van der Waals surface area contributed by atoms with Crippen LogP contribution >= 0.6 is 0 Å². The minimum Gasteiger partial charge on any atom is -0.395 e. The summed E-state index contributed by atoms with van der Waals surface area (Å²) in [6.45, 7) is 7.18. The predicted octanol–water partition coefficient (Wildman–Crippen LogP) is 1.49. The second kappa shape index (κ2) is 10.4. The summed E-state index contributed by atoms with van der Waals surface area (Å²) in [6, 6.07) is 0. The van der Waals surface area contributed by atoms with Gasteiger partial charge in [-0.1, -0.05) is 33.1 Å². The number of aliphatic hydroxyl groups excluding tert-OH is 2. The summed E-state index contributed by atoms with van der Waals surface area (Å²) in [5.41, 5.74) is 0. The lowest BCUT2D eigenvalue weighted by Gasteiger charge is -2.25. The molecule has 0 heterocycles. The van der Waals surface area contributed by atoms with E-state index in [1.807, 2.05) is 0 Å². The third kappa shape index (κ3) is 7.77. The summed E-state index contributed by atoms with van der Waals surface area (Å²) < 4.78 is 0. The van der Waals surface area contributed by atoms with Crippen molar-refractivity contribution in [3.63, 3.8) is 0 Å². The molecule has 0 radical (unpaired) electrons. The molecule has 2 N–H and O–H groups in total. The highest BCUT2D eigenvalue weighted by molar-refractivity contribution is 4.65. The van der Waals surface area contributed by atoms with Crippen molar-refractivity contribution in [1.29, 1.82) is 0 Å². The Bertz CT molecular complexity index is 125. The Balaban J connectivity index is 3.85. The van der Waals surface area contributed by atoms with Gasteiger partial charge in [-0.3, -0.25) is 4.90 Å². The van der Waals surface area contributed by atoms with Crippen molar-refractivity contribution in [2.24, 2.45) is 5.92 Å². The topological polar surface area (TPSA) is 43.7 Å². The fourth-order valence-corrected chi connectivity index (χ4v) is 1.86. The van der Waals surface area contributed by atoms with Crippen LogP contribution < -0.4 is 0 Å². The third-order valence-corrected chi connectivity index (χ3v) is 2.89. The van der Waals surface area contributed by atoms with E-state index in [-0.39, 0.29) is 13.2 Å². The smallest absolute Gasteiger partial charge is 0.0558 e. The van der Waals surface area contributed by atoms with Gasteiger partial charge in [0.05, 0.1) is 13.2 Å². The lowest BCUT2D eigenvalue weighted by atomic mass is 9.99. The van der Waals surface area contributed by atoms with Crippen LogP contribution in [0.4, 0.5) is 0 Å². The summed E-state index contributed by atoms with van der Waals surface area (Å²) in [5, 5.41) is 17.8. The molecule has 0 bridgehead atoms. The van der Waals surface area contributed by atoms with E-state index < -0.39 is 0 Å². The third-order valence-electron chi connectivity index (χ3n) is 2.89. The molecule has 15 heavy (non-hydrogen) atoms. The van der Waals surface area contributed by atoms with Crippen molar-refractivity contribution in [2.45, 2.75) is 39.5 Å². The lowest BCUT2D eigenvalue weighted by molar-refractivity contribution is 0.140. The molecule has 0 saturated carbocycles. The first-order valence-corrected chi connectivity index (χ1v) is 6.22. The van der Waals surface area contributed by atoms with Crippen LogP contribution in [0.25, 0.3) is 0 Å². The van der Waals surface area contributed by atoms with E-state index in [0.29, 0.717) is 19.0 Å². The molecule has 1 atom stereocenters. The average molecular weight is 217 g/mol. The Morgan fingerprint density at radius 1 is 1.07 bits per heavy atom. The van der Waals surface area contributed by atoms with E-state index >= 15 is 0 Å². The molecule has 0 rings (SSSR count). The predicted molar refractivity (Wildman–Crippen MR) is 63.9 cm³/mol. The first kappa shape index (κ1) is 14.9. The molecule has 0 saturated heterocycles. The van der Waals surface area contributed by atoms with Crippen molar-refractivity contribution >= 4 is 0 Å². The number of rotatable bonds is 10. The van der Waals surface area contributed by atoms with Gasteiger partial charge in [0, 0.05) is 19.6 Å². The molecule has 0 aliphatic rings. The molecule has 0 aromatic carbocycles. The number of aliphatic hydroxyl groups is 2. The van der Waals surface area contributed by atoms with E-state index in [4.69, 9.17) is 10.2 Å². The van der Waals surface area contributed by atoms with Crippen molar-refractivity contribution < 1.29 is 10.2 Å². The van der Waals surface area contributed by atoms with Crippen LogP contribution in [-0.4, -0.2) is 48.0 Å². The Morgan fingerprint density at radius 3 is 2.07 bits per heavy atom. The zero-order valence-electron chi connectivity index (χ0n) is 10.3. The van der Waals surface area contributed by atoms with Gasteiger partial charge in [-0.05, 0) is 12.3 Å². The number of nitrogens with zero attached hydrogens (tertiary/aromatic N) is 1. The summed E-state index contributed by atoms with van der Waals surface area (Å²) in [4.78, 5) is 2.16. The maximum Gasteiger partial charge on any atom is 0.0558 e. The summed E-state index contributed by atoms with van der Waals surface area (Å²) in [6.07, 6.45) is 4.98. The molecule has 0 unspecified atom stereocenters. The highest BCUT2D eigenvalue weighted by Gasteiger charge is 2.11. The molecule has 3 nitrogen and oxygen atoms in total. The van der Waals surface area contributed by atoms with Crippen molar-refractivity contribution in [3.05, 3.63) is 0 Å². The van der Waals surface area contributed by atoms with Crippen LogP contribution in [-0.2, 0) is 0 Å². The minimum absolute atomic E-state index is 0.185. The Hall–Kier alpha value is -0.120. The monoisotopic (exact) mass is 217 g/mol. The van der Waals surface area contributed by atoms with Gasteiger partial charge < -0.3 is 10.2 Å². The first-order chi connectivity index (χ1) is 7.28. The summed E-state index contributed by atoms with van der Waals surface area (Å²) in [7, 11) is 0. The molecule has 0 aliphatic heterocycles. The fraction of sp³-hybridized carbons (Fsp3) is 1.00. The van der Waals surface area contributed by atoms with Crippen molar-refractivity contribution in [1.82, 2.24) is 4.90 Å². The van der Waals surface area contributed by atoms with E-state index in [0.717, 1.165) is 6.54 Å². The molecule has 0 spiro atoms. The minimum atomic E-state index is 0.185. The van der Waals surface area contributed by atoms with E-state index in [1.54, 1.807) is 0 Å².